The number of ether oxygens (including phenoxy) is 1. The number of thiophene rings is 1. The summed E-state index contributed by atoms with van der Waals surface area (Å²) in [5.74, 6) is 2.34. The van der Waals surface area contributed by atoms with Gasteiger partial charge in [0.1, 0.15) is 16.5 Å². The second kappa shape index (κ2) is 4.42. The predicted octanol–water partition coefficient (Wildman–Crippen LogP) is 3.16. The van der Waals surface area contributed by atoms with Gasteiger partial charge in [0.25, 0.3) is 0 Å². The van der Waals surface area contributed by atoms with Crippen LogP contribution in [0.25, 0.3) is 10.2 Å². The third kappa shape index (κ3) is 1.83. The first-order valence-electron chi connectivity index (χ1n) is 6.99. The van der Waals surface area contributed by atoms with Crippen molar-refractivity contribution in [3.05, 3.63) is 17.3 Å². The minimum Gasteiger partial charge on any atom is -0.374 e. The van der Waals surface area contributed by atoms with E-state index in [-0.39, 0.29) is 0 Å². The molecule has 0 radical (unpaired) electrons. The molecular formula is C14H17N3OS. The summed E-state index contributed by atoms with van der Waals surface area (Å²) in [4.78, 5) is 10.6. The van der Waals surface area contributed by atoms with Crippen molar-refractivity contribution in [2.45, 2.75) is 44.3 Å². The Balaban J connectivity index is 1.77. The smallest absolute Gasteiger partial charge is 0.138 e. The van der Waals surface area contributed by atoms with Gasteiger partial charge in [0.05, 0.1) is 17.6 Å². The minimum atomic E-state index is 0.344. The van der Waals surface area contributed by atoms with E-state index in [0.717, 1.165) is 41.2 Å². The topological polar surface area (TPSA) is 47.0 Å². The van der Waals surface area contributed by atoms with Crippen molar-refractivity contribution in [1.82, 2.24) is 9.97 Å². The number of hydrogen-bond donors (Lipinski definition) is 1. The lowest BCUT2D eigenvalue weighted by atomic mass is 9.88. The van der Waals surface area contributed by atoms with E-state index in [2.05, 4.69) is 23.7 Å². The van der Waals surface area contributed by atoms with Gasteiger partial charge in [-0.1, -0.05) is 0 Å². The summed E-state index contributed by atoms with van der Waals surface area (Å²) in [7, 11) is 0. The van der Waals surface area contributed by atoms with Gasteiger partial charge in [0, 0.05) is 12.5 Å². The number of rotatable bonds is 3. The van der Waals surface area contributed by atoms with Gasteiger partial charge in [-0.05, 0) is 37.6 Å². The lowest BCUT2D eigenvalue weighted by Gasteiger charge is -2.18. The molecule has 0 aliphatic carbocycles. The van der Waals surface area contributed by atoms with Crippen LogP contribution >= 0.6 is 11.3 Å². The van der Waals surface area contributed by atoms with Gasteiger partial charge >= 0.3 is 0 Å². The number of aromatic nitrogens is 2. The zero-order valence-corrected chi connectivity index (χ0v) is 11.7. The maximum Gasteiger partial charge on any atom is 0.138 e. The summed E-state index contributed by atoms with van der Waals surface area (Å²) in [6.45, 7) is 2.98. The molecule has 2 aliphatic heterocycles. The number of nitrogens with one attached hydrogen (secondary N) is 1. The average Bonchev–Trinajstić information content (AvgIpc) is 3.14. The zero-order valence-electron chi connectivity index (χ0n) is 10.9. The quantitative estimate of drug-likeness (QED) is 0.934. The van der Waals surface area contributed by atoms with Crippen LogP contribution in [0.3, 0.4) is 0 Å². The maximum absolute atomic E-state index is 5.94. The largest absolute Gasteiger partial charge is 0.374 e. The van der Waals surface area contributed by atoms with Gasteiger partial charge in [-0.3, -0.25) is 0 Å². The Hall–Kier alpha value is -1.20. The molecule has 3 unspecified atom stereocenters. The molecule has 3 atom stereocenters. The van der Waals surface area contributed by atoms with E-state index in [1.807, 2.05) is 0 Å². The zero-order chi connectivity index (χ0) is 12.8. The molecule has 2 bridgehead atoms. The molecule has 0 spiro atoms. The second-order valence-corrected chi connectivity index (χ2v) is 6.21. The lowest BCUT2D eigenvalue weighted by Crippen LogP contribution is -2.17. The summed E-state index contributed by atoms with van der Waals surface area (Å²) in [5, 5.41) is 6.58. The molecule has 4 rings (SSSR count). The Morgan fingerprint density at radius 3 is 3.11 bits per heavy atom. The SMILES string of the molecule is CCNc1nc(C2CC3CCC2O3)nc2sccc12. The standard InChI is InChI=1S/C14H17N3OS/c1-2-15-12-9-5-6-19-14(9)17-13(16-12)10-7-8-3-4-11(10)18-8/h5-6,8,10-11H,2-4,7H2,1H3,(H,15,16,17). The fraction of sp³-hybridized carbons (Fsp3) is 0.571. The highest BCUT2D eigenvalue weighted by Crippen LogP contribution is 2.44. The predicted molar refractivity (Wildman–Crippen MR) is 76.8 cm³/mol. The molecule has 1 N–H and O–H groups in total. The maximum atomic E-state index is 5.94. The van der Waals surface area contributed by atoms with Crippen LogP contribution in [-0.2, 0) is 4.74 Å². The van der Waals surface area contributed by atoms with Crippen molar-refractivity contribution in [3.63, 3.8) is 0 Å². The van der Waals surface area contributed by atoms with Crippen LogP contribution in [0.1, 0.15) is 37.9 Å². The normalized spacial score (nSPS) is 29.2. The van der Waals surface area contributed by atoms with E-state index in [0.29, 0.717) is 18.1 Å². The number of nitrogens with zero attached hydrogens (tertiary/aromatic N) is 2. The number of anilines is 1. The molecule has 4 heterocycles. The van der Waals surface area contributed by atoms with Crippen LogP contribution in [0.4, 0.5) is 5.82 Å². The first kappa shape index (κ1) is 11.6. The van der Waals surface area contributed by atoms with Gasteiger partial charge in [-0.25, -0.2) is 9.97 Å². The Bertz CT molecular complexity index is 612. The van der Waals surface area contributed by atoms with Gasteiger partial charge in [-0.15, -0.1) is 11.3 Å². The van der Waals surface area contributed by atoms with Gasteiger partial charge in [-0.2, -0.15) is 0 Å². The fourth-order valence-electron chi connectivity index (χ4n) is 3.25. The summed E-state index contributed by atoms with van der Waals surface area (Å²) in [5.41, 5.74) is 0. The molecule has 2 aromatic rings. The Morgan fingerprint density at radius 2 is 2.37 bits per heavy atom. The summed E-state index contributed by atoms with van der Waals surface area (Å²) < 4.78 is 5.94. The molecule has 5 heteroatoms. The molecule has 2 saturated heterocycles. The summed E-state index contributed by atoms with van der Waals surface area (Å²) in [6.07, 6.45) is 4.25. The van der Waals surface area contributed by atoms with E-state index in [1.54, 1.807) is 11.3 Å². The van der Waals surface area contributed by atoms with Gasteiger partial charge in [0.2, 0.25) is 0 Å². The highest BCUT2D eigenvalue weighted by molar-refractivity contribution is 7.16. The van der Waals surface area contributed by atoms with E-state index in [9.17, 15) is 0 Å². The first-order chi connectivity index (χ1) is 9.35. The fourth-order valence-corrected chi connectivity index (χ4v) is 4.02. The summed E-state index contributed by atoms with van der Waals surface area (Å²) in [6, 6.07) is 2.10. The van der Waals surface area contributed by atoms with Crippen molar-refractivity contribution >= 4 is 27.4 Å². The van der Waals surface area contributed by atoms with Crippen molar-refractivity contribution in [1.29, 1.82) is 0 Å². The van der Waals surface area contributed by atoms with Gasteiger partial charge in [0.15, 0.2) is 0 Å². The molecule has 2 aliphatic rings. The molecular weight excluding hydrogens is 258 g/mol. The molecule has 19 heavy (non-hydrogen) atoms. The minimum absolute atomic E-state index is 0.344. The van der Waals surface area contributed by atoms with Crippen LogP contribution in [0.15, 0.2) is 11.4 Å². The third-order valence-corrected chi connectivity index (χ3v) is 4.93. The van der Waals surface area contributed by atoms with Crippen LogP contribution in [0, 0.1) is 0 Å². The molecule has 100 valence electrons. The second-order valence-electron chi connectivity index (χ2n) is 5.32. The van der Waals surface area contributed by atoms with E-state index in [4.69, 9.17) is 14.7 Å². The van der Waals surface area contributed by atoms with Crippen molar-refractivity contribution in [3.8, 4) is 0 Å². The van der Waals surface area contributed by atoms with Crippen LogP contribution in [0.2, 0.25) is 0 Å². The number of hydrogen-bond acceptors (Lipinski definition) is 5. The van der Waals surface area contributed by atoms with Crippen molar-refractivity contribution in [2.75, 3.05) is 11.9 Å². The Morgan fingerprint density at radius 1 is 1.42 bits per heavy atom. The first-order valence-corrected chi connectivity index (χ1v) is 7.87. The molecule has 0 aromatic carbocycles. The molecule has 2 aromatic heterocycles. The van der Waals surface area contributed by atoms with E-state index < -0.39 is 0 Å². The molecule has 4 nitrogen and oxygen atoms in total. The lowest BCUT2D eigenvalue weighted by molar-refractivity contribution is 0.0999. The molecule has 0 saturated carbocycles. The summed E-state index contributed by atoms with van der Waals surface area (Å²) >= 11 is 1.69. The van der Waals surface area contributed by atoms with Crippen molar-refractivity contribution < 1.29 is 4.74 Å². The molecule has 2 fully saturated rings. The average molecular weight is 275 g/mol. The highest BCUT2D eigenvalue weighted by atomic mass is 32.1. The molecule has 0 amide bonds. The third-order valence-electron chi connectivity index (χ3n) is 4.12. The van der Waals surface area contributed by atoms with E-state index in [1.165, 1.54) is 6.42 Å². The van der Waals surface area contributed by atoms with Gasteiger partial charge < -0.3 is 10.1 Å². The highest BCUT2D eigenvalue weighted by Gasteiger charge is 2.43. The van der Waals surface area contributed by atoms with Crippen molar-refractivity contribution in [2.24, 2.45) is 0 Å². The number of fused-ring (bicyclic) bond motifs is 3. The Kier molecular flexibility index (Phi) is 2.70. The Labute approximate surface area is 116 Å². The van der Waals surface area contributed by atoms with Crippen LogP contribution in [-0.4, -0.2) is 28.7 Å². The monoisotopic (exact) mass is 275 g/mol. The van der Waals surface area contributed by atoms with E-state index >= 15 is 0 Å². The van der Waals surface area contributed by atoms with Crippen LogP contribution in [0.5, 0.6) is 0 Å². The van der Waals surface area contributed by atoms with Crippen LogP contribution < -0.4 is 5.32 Å².